The molecule has 1 aliphatic heterocycles. The summed E-state index contributed by atoms with van der Waals surface area (Å²) in [5.41, 5.74) is 0.524. The van der Waals surface area contributed by atoms with E-state index >= 15 is 0 Å². The van der Waals surface area contributed by atoms with Gasteiger partial charge < -0.3 is 14.8 Å². The van der Waals surface area contributed by atoms with Crippen molar-refractivity contribution >= 4 is 21.6 Å². The number of piperidine rings is 1. The molecule has 1 atom stereocenters. The van der Waals surface area contributed by atoms with E-state index in [1.165, 1.54) is 11.4 Å². The first-order valence-corrected chi connectivity index (χ1v) is 10.5. The summed E-state index contributed by atoms with van der Waals surface area (Å²) in [4.78, 5) is 13.0. The largest absolute Gasteiger partial charge is 0.497 e. The highest BCUT2D eigenvalue weighted by Crippen LogP contribution is 2.30. The number of sulfonamides is 1. The molecule has 1 fully saturated rings. The van der Waals surface area contributed by atoms with E-state index in [0.29, 0.717) is 36.6 Å². The minimum atomic E-state index is -3.61. The van der Waals surface area contributed by atoms with Crippen molar-refractivity contribution in [2.75, 3.05) is 32.6 Å². The number of methoxy groups -OCH3 is 2. The summed E-state index contributed by atoms with van der Waals surface area (Å²) in [6.07, 6.45) is 1.26. The predicted octanol–water partition coefficient (Wildman–Crippen LogP) is 2.74. The second-order valence-corrected chi connectivity index (χ2v) is 8.51. The van der Waals surface area contributed by atoms with Gasteiger partial charge in [-0.3, -0.25) is 4.79 Å². The van der Waals surface area contributed by atoms with Gasteiger partial charge in [0.15, 0.2) is 0 Å². The molecule has 150 valence electrons. The van der Waals surface area contributed by atoms with Gasteiger partial charge in [0.05, 0.1) is 30.7 Å². The zero-order valence-electron chi connectivity index (χ0n) is 15.9. The van der Waals surface area contributed by atoms with Gasteiger partial charge in [0.2, 0.25) is 15.9 Å². The molecule has 0 saturated carbocycles. The first-order valence-electron chi connectivity index (χ1n) is 9.04. The van der Waals surface area contributed by atoms with Crippen molar-refractivity contribution in [3.63, 3.8) is 0 Å². The summed E-state index contributed by atoms with van der Waals surface area (Å²) in [7, 11) is -0.546. The van der Waals surface area contributed by atoms with E-state index < -0.39 is 15.9 Å². The fourth-order valence-electron chi connectivity index (χ4n) is 3.25. The molecular formula is C20H24N2O5S. The van der Waals surface area contributed by atoms with Crippen LogP contribution in [0.25, 0.3) is 0 Å². The highest BCUT2D eigenvalue weighted by molar-refractivity contribution is 7.89. The predicted molar refractivity (Wildman–Crippen MR) is 106 cm³/mol. The van der Waals surface area contributed by atoms with E-state index in [9.17, 15) is 13.2 Å². The Morgan fingerprint density at radius 3 is 2.54 bits per heavy atom. The maximum Gasteiger partial charge on any atom is 0.243 e. The van der Waals surface area contributed by atoms with Gasteiger partial charge in [0.25, 0.3) is 0 Å². The third kappa shape index (κ3) is 4.28. The minimum absolute atomic E-state index is 0.154. The highest BCUT2D eigenvalue weighted by atomic mass is 32.2. The summed E-state index contributed by atoms with van der Waals surface area (Å²) in [5.74, 6) is 0.445. The molecule has 0 radical (unpaired) electrons. The Balaban J connectivity index is 1.73. The summed E-state index contributed by atoms with van der Waals surface area (Å²) < 4.78 is 37.5. The van der Waals surface area contributed by atoms with Gasteiger partial charge in [-0.15, -0.1) is 0 Å². The average molecular weight is 404 g/mol. The van der Waals surface area contributed by atoms with Gasteiger partial charge in [-0.05, 0) is 37.1 Å². The van der Waals surface area contributed by atoms with E-state index in [-0.39, 0.29) is 17.3 Å². The maximum absolute atomic E-state index is 12.8. The lowest BCUT2D eigenvalue weighted by atomic mass is 9.98. The van der Waals surface area contributed by atoms with Crippen LogP contribution in [0.1, 0.15) is 12.8 Å². The molecule has 8 heteroatoms. The normalized spacial score (nSPS) is 17.7. The van der Waals surface area contributed by atoms with Crippen LogP contribution in [-0.4, -0.2) is 45.9 Å². The third-order valence-corrected chi connectivity index (χ3v) is 6.68. The number of amides is 1. The lowest BCUT2D eigenvalue weighted by molar-refractivity contribution is -0.120. The Kier molecular flexibility index (Phi) is 6.21. The molecule has 2 aromatic carbocycles. The van der Waals surface area contributed by atoms with Crippen LogP contribution in [0, 0.1) is 5.92 Å². The van der Waals surface area contributed by atoms with Crippen molar-refractivity contribution < 1.29 is 22.7 Å². The van der Waals surface area contributed by atoms with Crippen LogP contribution in [0.15, 0.2) is 53.4 Å². The van der Waals surface area contributed by atoms with Crippen LogP contribution < -0.4 is 14.8 Å². The molecule has 0 aromatic heterocycles. The fourth-order valence-corrected chi connectivity index (χ4v) is 4.80. The summed E-state index contributed by atoms with van der Waals surface area (Å²) in [5, 5.41) is 2.85. The molecule has 1 unspecified atom stereocenters. The number of nitrogens with one attached hydrogen (secondary N) is 1. The van der Waals surface area contributed by atoms with Crippen LogP contribution in [0.4, 0.5) is 5.69 Å². The summed E-state index contributed by atoms with van der Waals surface area (Å²) in [6.45, 7) is 0.564. The quantitative estimate of drug-likeness (QED) is 0.800. The molecule has 7 nitrogen and oxygen atoms in total. The monoisotopic (exact) mass is 404 g/mol. The first-order chi connectivity index (χ1) is 13.5. The topological polar surface area (TPSA) is 84.9 Å². The van der Waals surface area contributed by atoms with Crippen LogP contribution in [0.3, 0.4) is 0 Å². The van der Waals surface area contributed by atoms with E-state index in [2.05, 4.69) is 5.32 Å². The molecule has 1 heterocycles. The van der Waals surface area contributed by atoms with Crippen molar-refractivity contribution in [1.82, 2.24) is 4.31 Å². The lowest BCUT2D eigenvalue weighted by Crippen LogP contribution is -2.43. The van der Waals surface area contributed by atoms with Gasteiger partial charge in [0, 0.05) is 19.2 Å². The number of anilines is 1. The second-order valence-electron chi connectivity index (χ2n) is 6.57. The second kappa shape index (κ2) is 8.62. The Bertz CT molecular complexity index is 931. The number of benzene rings is 2. The molecular weight excluding hydrogens is 380 g/mol. The standard InChI is InChI=1S/C20H24N2O5S/c1-26-16-10-11-18(19(13-16)27-2)21-20(23)15-7-6-12-22(14-15)28(24,25)17-8-4-3-5-9-17/h3-5,8-11,13,15H,6-7,12,14H2,1-2H3,(H,21,23). The van der Waals surface area contributed by atoms with Crippen LogP contribution in [0.5, 0.6) is 11.5 Å². The van der Waals surface area contributed by atoms with Crippen LogP contribution in [0.2, 0.25) is 0 Å². The molecule has 0 bridgehead atoms. The Morgan fingerprint density at radius 1 is 1.11 bits per heavy atom. The van der Waals surface area contributed by atoms with Gasteiger partial charge in [-0.1, -0.05) is 18.2 Å². The third-order valence-electron chi connectivity index (χ3n) is 4.80. The molecule has 2 aromatic rings. The van der Waals surface area contributed by atoms with Crippen molar-refractivity contribution in [2.24, 2.45) is 5.92 Å². The fraction of sp³-hybridized carbons (Fsp3) is 0.350. The maximum atomic E-state index is 12.8. The highest BCUT2D eigenvalue weighted by Gasteiger charge is 2.33. The van der Waals surface area contributed by atoms with E-state index in [1.54, 1.807) is 55.6 Å². The summed E-state index contributed by atoms with van der Waals surface area (Å²) >= 11 is 0. The lowest BCUT2D eigenvalue weighted by Gasteiger charge is -2.31. The SMILES string of the molecule is COc1ccc(NC(=O)C2CCCN(S(=O)(=O)c3ccccc3)C2)c(OC)c1. The van der Waals surface area contributed by atoms with Crippen LogP contribution >= 0.6 is 0 Å². The van der Waals surface area contributed by atoms with Crippen molar-refractivity contribution in [2.45, 2.75) is 17.7 Å². The zero-order valence-corrected chi connectivity index (χ0v) is 16.7. The van der Waals surface area contributed by atoms with Gasteiger partial charge >= 0.3 is 0 Å². The molecule has 28 heavy (non-hydrogen) atoms. The van der Waals surface area contributed by atoms with Gasteiger partial charge in [-0.25, -0.2) is 8.42 Å². The molecule has 1 amide bonds. The Morgan fingerprint density at radius 2 is 1.86 bits per heavy atom. The van der Waals surface area contributed by atoms with Crippen molar-refractivity contribution in [3.8, 4) is 11.5 Å². The molecule has 1 N–H and O–H groups in total. The molecule has 1 saturated heterocycles. The van der Waals surface area contributed by atoms with E-state index in [0.717, 1.165) is 0 Å². The molecule has 3 rings (SSSR count). The molecule has 0 aliphatic carbocycles. The number of hydrogen-bond acceptors (Lipinski definition) is 5. The number of ether oxygens (including phenoxy) is 2. The number of carbonyl (C=O) groups excluding carboxylic acids is 1. The first kappa shape index (κ1) is 20.2. The van der Waals surface area contributed by atoms with Crippen molar-refractivity contribution in [3.05, 3.63) is 48.5 Å². The van der Waals surface area contributed by atoms with E-state index in [1.807, 2.05) is 0 Å². The minimum Gasteiger partial charge on any atom is -0.497 e. The van der Waals surface area contributed by atoms with Gasteiger partial charge in [0.1, 0.15) is 11.5 Å². The number of carbonyl (C=O) groups is 1. The van der Waals surface area contributed by atoms with Gasteiger partial charge in [-0.2, -0.15) is 4.31 Å². The average Bonchev–Trinajstić information content (AvgIpc) is 2.74. The van der Waals surface area contributed by atoms with Crippen molar-refractivity contribution in [1.29, 1.82) is 0 Å². The Hall–Kier alpha value is -2.58. The molecule has 0 spiro atoms. The molecule has 1 aliphatic rings. The smallest absolute Gasteiger partial charge is 0.243 e. The van der Waals surface area contributed by atoms with Crippen LogP contribution in [-0.2, 0) is 14.8 Å². The summed E-state index contributed by atoms with van der Waals surface area (Å²) in [6, 6.07) is 13.4. The zero-order chi connectivity index (χ0) is 20.1. The number of rotatable bonds is 6. The number of nitrogens with zero attached hydrogens (tertiary/aromatic N) is 1. The van der Waals surface area contributed by atoms with E-state index in [4.69, 9.17) is 9.47 Å². The Labute approximate surface area is 165 Å². The number of hydrogen-bond donors (Lipinski definition) is 1.